The average molecular weight is 362 g/mol. The van der Waals surface area contributed by atoms with Gasteiger partial charge < -0.3 is 0 Å². The molecule has 23 heavy (non-hydrogen) atoms. The summed E-state index contributed by atoms with van der Waals surface area (Å²) in [6, 6.07) is 0. The summed E-state index contributed by atoms with van der Waals surface area (Å²) in [4.78, 5) is 0. The third-order valence-corrected chi connectivity index (χ3v) is 8.87. The molecule has 3 fully saturated rings. The quantitative estimate of drug-likeness (QED) is 0.690. The third-order valence-electron chi connectivity index (χ3n) is 5.79. The number of nitrogens with one attached hydrogen (secondary N) is 3. The summed E-state index contributed by atoms with van der Waals surface area (Å²) in [5.74, 6) is 2.65. The summed E-state index contributed by atoms with van der Waals surface area (Å²) in [6.45, 7) is 2.10. The van der Waals surface area contributed by atoms with Gasteiger partial charge in [-0.3, -0.25) is 10.7 Å². The molecule has 2 saturated heterocycles. The molecule has 0 amide bonds. The van der Waals surface area contributed by atoms with Crippen LogP contribution in [-0.2, 0) is 9.84 Å². The van der Waals surface area contributed by atoms with Crippen molar-refractivity contribution in [2.24, 2.45) is 11.8 Å². The number of hydrogen-bond acceptors (Lipinski definition) is 6. The largest absolute Gasteiger partial charge is 0.300 e. The molecule has 3 rings (SSSR count). The van der Waals surface area contributed by atoms with E-state index >= 15 is 0 Å². The lowest BCUT2D eigenvalue weighted by Crippen LogP contribution is -2.58. The zero-order valence-electron chi connectivity index (χ0n) is 14.1. The maximum absolute atomic E-state index is 11.7. The van der Waals surface area contributed by atoms with Crippen molar-refractivity contribution in [2.75, 3.05) is 25.1 Å². The smallest absolute Gasteiger partial charge is 0.150 e. The molecule has 2 aliphatic heterocycles. The Bertz CT molecular complexity index is 472. The van der Waals surface area contributed by atoms with Crippen LogP contribution in [0.1, 0.15) is 44.9 Å². The Kier molecular flexibility index (Phi) is 6.29. The maximum atomic E-state index is 11.7. The lowest BCUT2D eigenvalue weighted by molar-refractivity contribution is 0.151. The van der Waals surface area contributed by atoms with Gasteiger partial charge in [-0.25, -0.2) is 13.8 Å². The average Bonchev–Trinajstić information content (AvgIpc) is 3.06. The first-order valence-corrected chi connectivity index (χ1v) is 12.0. The zero-order chi connectivity index (χ0) is 16.3. The zero-order valence-corrected chi connectivity index (χ0v) is 15.7. The molecule has 0 spiro atoms. The van der Waals surface area contributed by atoms with Gasteiger partial charge in [0.2, 0.25) is 0 Å². The molecule has 1 aliphatic carbocycles. The molecule has 5 nitrogen and oxygen atoms in total. The van der Waals surface area contributed by atoms with Crippen molar-refractivity contribution in [3.05, 3.63) is 0 Å². The van der Waals surface area contributed by atoms with Crippen LogP contribution in [0.3, 0.4) is 0 Å². The molecule has 3 atom stereocenters. The minimum atomic E-state index is -2.85. The Morgan fingerprint density at radius 3 is 2.57 bits per heavy atom. The van der Waals surface area contributed by atoms with Gasteiger partial charge in [-0.15, -0.1) is 0 Å². The summed E-state index contributed by atoms with van der Waals surface area (Å²) >= 11 is 2.09. The number of rotatable bonds is 5. The SMILES string of the molecule is CS(=O)(=O)C1CCC(C2CNNC(NCC3CCCS3)C2)CC1. The molecule has 7 heteroatoms. The van der Waals surface area contributed by atoms with Crippen molar-refractivity contribution in [2.45, 2.75) is 61.6 Å². The molecule has 0 aromatic heterocycles. The van der Waals surface area contributed by atoms with E-state index < -0.39 is 9.84 Å². The van der Waals surface area contributed by atoms with E-state index in [1.807, 2.05) is 0 Å². The summed E-state index contributed by atoms with van der Waals surface area (Å²) < 4.78 is 23.4. The molecular weight excluding hydrogens is 330 g/mol. The maximum Gasteiger partial charge on any atom is 0.150 e. The van der Waals surface area contributed by atoms with E-state index in [1.165, 1.54) is 24.9 Å². The van der Waals surface area contributed by atoms with Gasteiger partial charge in [0.05, 0.1) is 11.4 Å². The van der Waals surface area contributed by atoms with Gasteiger partial charge in [-0.1, -0.05) is 0 Å². The monoisotopic (exact) mass is 361 g/mol. The highest BCUT2D eigenvalue weighted by atomic mass is 32.2. The first-order valence-electron chi connectivity index (χ1n) is 9.04. The lowest BCUT2D eigenvalue weighted by atomic mass is 9.77. The van der Waals surface area contributed by atoms with E-state index in [2.05, 4.69) is 27.9 Å². The van der Waals surface area contributed by atoms with E-state index in [9.17, 15) is 8.42 Å². The number of sulfone groups is 1. The van der Waals surface area contributed by atoms with Gasteiger partial charge in [0.15, 0.2) is 0 Å². The summed E-state index contributed by atoms with van der Waals surface area (Å²) in [5.41, 5.74) is 6.74. The highest BCUT2D eigenvalue weighted by Crippen LogP contribution is 2.35. The van der Waals surface area contributed by atoms with Crippen LogP contribution >= 0.6 is 11.8 Å². The molecule has 1 saturated carbocycles. The Labute approximate surface area is 145 Å². The first kappa shape index (κ1) is 18.0. The molecule has 0 bridgehead atoms. The highest BCUT2D eigenvalue weighted by Gasteiger charge is 2.34. The molecule has 2 heterocycles. The summed E-state index contributed by atoms with van der Waals surface area (Å²) in [7, 11) is -2.85. The van der Waals surface area contributed by atoms with Crippen molar-refractivity contribution in [3.8, 4) is 0 Å². The fraction of sp³-hybridized carbons (Fsp3) is 1.00. The minimum absolute atomic E-state index is 0.0956. The van der Waals surface area contributed by atoms with Crippen LogP contribution in [0.25, 0.3) is 0 Å². The molecule has 3 unspecified atom stereocenters. The standard InChI is InChI=1S/C16H31N3O2S2/c1-23(20,21)15-6-4-12(5-7-15)13-9-16(19-18-10-13)17-11-14-3-2-8-22-14/h12-19H,2-11H2,1H3. The molecule has 0 aromatic carbocycles. The van der Waals surface area contributed by atoms with Crippen LogP contribution < -0.4 is 16.2 Å². The highest BCUT2D eigenvalue weighted by molar-refractivity contribution is 8.00. The molecule has 3 aliphatic rings. The van der Waals surface area contributed by atoms with Gasteiger partial charge in [-0.2, -0.15) is 11.8 Å². The molecular formula is C16H31N3O2S2. The van der Waals surface area contributed by atoms with Gasteiger partial charge >= 0.3 is 0 Å². The number of hydrogen-bond donors (Lipinski definition) is 3. The molecule has 3 N–H and O–H groups in total. The minimum Gasteiger partial charge on any atom is -0.300 e. The van der Waals surface area contributed by atoms with Crippen LogP contribution in [-0.4, -0.2) is 50.2 Å². The Morgan fingerprint density at radius 2 is 1.91 bits per heavy atom. The van der Waals surface area contributed by atoms with E-state index in [0.29, 0.717) is 18.0 Å². The van der Waals surface area contributed by atoms with Crippen molar-refractivity contribution in [1.82, 2.24) is 16.2 Å². The van der Waals surface area contributed by atoms with Gasteiger partial charge in [0.1, 0.15) is 9.84 Å². The van der Waals surface area contributed by atoms with Gasteiger partial charge in [0.25, 0.3) is 0 Å². The number of thioether (sulfide) groups is 1. The van der Waals surface area contributed by atoms with Crippen LogP contribution in [0.5, 0.6) is 0 Å². The molecule has 0 aromatic rings. The lowest BCUT2D eigenvalue weighted by Gasteiger charge is -2.39. The van der Waals surface area contributed by atoms with Crippen LogP contribution in [0.2, 0.25) is 0 Å². The van der Waals surface area contributed by atoms with Crippen LogP contribution in [0.15, 0.2) is 0 Å². The summed E-state index contributed by atoms with van der Waals surface area (Å²) in [5, 5.41) is 4.36. The molecule has 0 radical (unpaired) electrons. The Morgan fingerprint density at radius 1 is 1.13 bits per heavy atom. The van der Waals surface area contributed by atoms with E-state index in [4.69, 9.17) is 0 Å². The Balaban J connectivity index is 1.43. The van der Waals surface area contributed by atoms with Crippen molar-refractivity contribution < 1.29 is 8.42 Å². The van der Waals surface area contributed by atoms with E-state index in [-0.39, 0.29) is 5.25 Å². The van der Waals surface area contributed by atoms with Crippen LogP contribution in [0, 0.1) is 11.8 Å². The first-order chi connectivity index (χ1) is 11.0. The second kappa shape index (κ2) is 8.04. The topological polar surface area (TPSA) is 70.2 Å². The van der Waals surface area contributed by atoms with Crippen LogP contribution in [0.4, 0.5) is 0 Å². The number of hydrazine groups is 1. The third kappa shape index (κ3) is 5.08. The molecule has 134 valence electrons. The predicted molar refractivity (Wildman–Crippen MR) is 97.1 cm³/mol. The van der Waals surface area contributed by atoms with Gasteiger partial charge in [-0.05, 0) is 62.5 Å². The fourth-order valence-electron chi connectivity index (χ4n) is 4.32. The van der Waals surface area contributed by atoms with E-state index in [0.717, 1.165) is 50.4 Å². The fourth-order valence-corrected chi connectivity index (χ4v) is 6.66. The van der Waals surface area contributed by atoms with Crippen molar-refractivity contribution >= 4 is 21.6 Å². The van der Waals surface area contributed by atoms with Gasteiger partial charge in [0, 0.05) is 24.6 Å². The second-order valence-electron chi connectivity index (χ2n) is 7.48. The Hall–Kier alpha value is 0.180. The second-order valence-corrected chi connectivity index (χ2v) is 11.2. The predicted octanol–water partition coefficient (Wildman–Crippen LogP) is 1.52. The summed E-state index contributed by atoms with van der Waals surface area (Å²) in [6.07, 6.45) is 9.43. The van der Waals surface area contributed by atoms with Crippen molar-refractivity contribution in [3.63, 3.8) is 0 Å². The normalized spacial score (nSPS) is 39.4. The van der Waals surface area contributed by atoms with Crippen molar-refractivity contribution in [1.29, 1.82) is 0 Å². The van der Waals surface area contributed by atoms with E-state index in [1.54, 1.807) is 0 Å².